The Morgan fingerprint density at radius 2 is 1.79 bits per heavy atom. The van der Waals surface area contributed by atoms with Gasteiger partial charge in [-0.2, -0.15) is 0 Å². The molecule has 0 N–H and O–H groups in total. The van der Waals surface area contributed by atoms with Gasteiger partial charge in [-0.05, 0) is 23.6 Å². The van der Waals surface area contributed by atoms with Gasteiger partial charge in [0.25, 0.3) is 5.69 Å². The lowest BCUT2D eigenvalue weighted by molar-refractivity contribution is -0.383. The number of hydrogen-bond acceptors (Lipinski definition) is 6. The van der Waals surface area contributed by atoms with Gasteiger partial charge < -0.3 is 9.15 Å². The quantitative estimate of drug-likeness (QED) is 0.308. The molecule has 0 aliphatic carbocycles. The third-order valence-corrected chi connectivity index (χ3v) is 3.45. The summed E-state index contributed by atoms with van der Waals surface area (Å²) < 4.78 is 9.80. The lowest BCUT2D eigenvalue weighted by Gasteiger charge is -2.06. The van der Waals surface area contributed by atoms with Crippen molar-refractivity contribution in [2.45, 2.75) is 0 Å². The monoisotopic (exact) mass is 325 g/mol. The van der Waals surface area contributed by atoms with Gasteiger partial charge in [0.15, 0.2) is 6.61 Å². The summed E-state index contributed by atoms with van der Waals surface area (Å²) in [6.45, 7) is -0.485. The molecule has 0 spiro atoms. The zero-order valence-electron chi connectivity index (χ0n) is 12.3. The number of ketones is 1. The third-order valence-electron chi connectivity index (χ3n) is 3.45. The lowest BCUT2D eigenvalue weighted by Crippen LogP contribution is -2.14. The average Bonchev–Trinajstić information content (AvgIpc) is 3.12. The Labute approximate surface area is 135 Å². The first kappa shape index (κ1) is 15.4. The van der Waals surface area contributed by atoms with Gasteiger partial charge in [-0.3, -0.25) is 14.9 Å². The SMILES string of the molecule is O=C(OCC(=O)c1cccc2c([N+](=O)[O-])cccc12)c1ccco1. The Kier molecular flexibility index (Phi) is 4.07. The van der Waals surface area contributed by atoms with Crippen LogP contribution in [0.4, 0.5) is 5.69 Å². The summed E-state index contributed by atoms with van der Waals surface area (Å²) >= 11 is 0. The summed E-state index contributed by atoms with van der Waals surface area (Å²) in [6, 6.07) is 12.1. The Hall–Kier alpha value is -3.48. The number of nitro benzene ring substituents is 1. The molecule has 1 heterocycles. The number of furan rings is 1. The van der Waals surface area contributed by atoms with Gasteiger partial charge in [-0.25, -0.2) is 4.79 Å². The second-order valence-electron chi connectivity index (χ2n) is 4.91. The van der Waals surface area contributed by atoms with Gasteiger partial charge in [0.1, 0.15) is 0 Å². The molecule has 0 aliphatic rings. The second kappa shape index (κ2) is 6.33. The molecule has 7 heteroatoms. The summed E-state index contributed by atoms with van der Waals surface area (Å²) in [6.07, 6.45) is 1.32. The number of Topliss-reactive ketones (excluding diaryl/α,β-unsaturated/α-hetero) is 1. The van der Waals surface area contributed by atoms with E-state index in [0.29, 0.717) is 10.8 Å². The molecule has 7 nitrogen and oxygen atoms in total. The molecule has 0 saturated heterocycles. The molecule has 0 fully saturated rings. The topological polar surface area (TPSA) is 99.7 Å². The molecule has 0 bridgehead atoms. The van der Waals surface area contributed by atoms with Gasteiger partial charge in [-0.15, -0.1) is 0 Å². The van der Waals surface area contributed by atoms with Crippen LogP contribution in [0, 0.1) is 10.1 Å². The zero-order valence-corrected chi connectivity index (χ0v) is 12.3. The number of nitro groups is 1. The largest absolute Gasteiger partial charge is 0.457 e. The van der Waals surface area contributed by atoms with E-state index in [2.05, 4.69) is 0 Å². The first-order chi connectivity index (χ1) is 11.6. The standard InChI is InChI=1S/C17H11NO6/c19-15(10-24-17(20)16-8-3-9-23-16)13-6-1-5-12-11(13)4-2-7-14(12)18(21)22/h1-9H,10H2. The molecule has 0 atom stereocenters. The Balaban J connectivity index is 1.86. The highest BCUT2D eigenvalue weighted by molar-refractivity contribution is 6.11. The number of carbonyl (C=O) groups is 2. The van der Waals surface area contributed by atoms with Gasteiger partial charge in [-0.1, -0.05) is 24.3 Å². The van der Waals surface area contributed by atoms with Gasteiger partial charge in [0, 0.05) is 11.6 Å². The predicted octanol–water partition coefficient (Wildman–Crippen LogP) is 3.38. The van der Waals surface area contributed by atoms with E-state index in [1.54, 1.807) is 18.2 Å². The fraction of sp³-hybridized carbons (Fsp3) is 0.0588. The van der Waals surface area contributed by atoms with E-state index in [9.17, 15) is 19.7 Å². The van der Waals surface area contributed by atoms with Crippen molar-refractivity contribution in [3.63, 3.8) is 0 Å². The van der Waals surface area contributed by atoms with Crippen molar-refractivity contribution in [1.82, 2.24) is 0 Å². The van der Waals surface area contributed by atoms with Gasteiger partial charge in [0.2, 0.25) is 11.5 Å². The molecule has 24 heavy (non-hydrogen) atoms. The average molecular weight is 325 g/mol. The minimum absolute atomic E-state index is 0.00337. The molecular weight excluding hydrogens is 314 g/mol. The number of fused-ring (bicyclic) bond motifs is 1. The zero-order chi connectivity index (χ0) is 17.1. The van der Waals surface area contributed by atoms with Crippen LogP contribution in [0.2, 0.25) is 0 Å². The summed E-state index contributed by atoms with van der Waals surface area (Å²) in [4.78, 5) is 34.6. The highest BCUT2D eigenvalue weighted by atomic mass is 16.6. The van der Waals surface area contributed by atoms with Crippen molar-refractivity contribution in [2.75, 3.05) is 6.61 Å². The van der Waals surface area contributed by atoms with Crippen LogP contribution in [0.1, 0.15) is 20.9 Å². The maximum Gasteiger partial charge on any atom is 0.374 e. The van der Waals surface area contributed by atoms with Crippen molar-refractivity contribution >= 4 is 28.2 Å². The Bertz CT molecular complexity index is 929. The maximum absolute atomic E-state index is 12.3. The number of ether oxygens (including phenoxy) is 1. The fourth-order valence-electron chi connectivity index (χ4n) is 2.37. The first-order valence-corrected chi connectivity index (χ1v) is 6.98. The normalized spacial score (nSPS) is 10.5. The van der Waals surface area contributed by atoms with Gasteiger partial charge in [0.05, 0.1) is 16.6 Å². The second-order valence-corrected chi connectivity index (χ2v) is 4.91. The predicted molar refractivity (Wildman–Crippen MR) is 83.9 cm³/mol. The highest BCUT2D eigenvalue weighted by Gasteiger charge is 2.18. The maximum atomic E-state index is 12.3. The van der Waals surface area contributed by atoms with E-state index in [0.717, 1.165) is 0 Å². The minimum Gasteiger partial charge on any atom is -0.457 e. The first-order valence-electron chi connectivity index (χ1n) is 6.98. The van der Waals surface area contributed by atoms with Crippen molar-refractivity contribution in [1.29, 1.82) is 0 Å². The van der Waals surface area contributed by atoms with E-state index in [1.807, 2.05) is 0 Å². The van der Waals surface area contributed by atoms with E-state index < -0.39 is 23.3 Å². The summed E-state index contributed by atoms with van der Waals surface area (Å²) in [5, 5.41) is 11.9. The summed E-state index contributed by atoms with van der Waals surface area (Å²) in [5.41, 5.74) is 0.165. The number of non-ortho nitro benzene ring substituents is 1. The molecule has 0 saturated carbocycles. The van der Waals surface area contributed by atoms with Crippen LogP contribution in [0.5, 0.6) is 0 Å². The van der Waals surface area contributed by atoms with Crippen LogP contribution in [0.25, 0.3) is 10.8 Å². The molecule has 120 valence electrons. The lowest BCUT2D eigenvalue weighted by atomic mass is 10.0. The number of rotatable bonds is 5. The number of benzene rings is 2. The molecule has 0 amide bonds. The number of nitrogens with zero attached hydrogens (tertiary/aromatic N) is 1. The Morgan fingerprint density at radius 3 is 2.50 bits per heavy atom. The fourth-order valence-corrected chi connectivity index (χ4v) is 2.37. The van der Waals surface area contributed by atoms with Crippen LogP contribution < -0.4 is 0 Å². The number of esters is 1. The van der Waals surface area contributed by atoms with E-state index in [-0.39, 0.29) is 17.0 Å². The van der Waals surface area contributed by atoms with E-state index in [1.165, 1.54) is 36.6 Å². The molecule has 0 unspecified atom stereocenters. The van der Waals surface area contributed by atoms with Crippen molar-refractivity contribution in [3.05, 3.63) is 76.2 Å². The highest BCUT2D eigenvalue weighted by Crippen LogP contribution is 2.28. The van der Waals surface area contributed by atoms with Crippen LogP contribution in [-0.2, 0) is 4.74 Å². The van der Waals surface area contributed by atoms with Crippen LogP contribution in [-0.4, -0.2) is 23.3 Å². The van der Waals surface area contributed by atoms with Gasteiger partial charge >= 0.3 is 5.97 Å². The molecule has 3 rings (SSSR count). The molecular formula is C17H11NO6. The summed E-state index contributed by atoms with van der Waals surface area (Å²) in [5.74, 6) is -1.21. The minimum atomic E-state index is -0.750. The smallest absolute Gasteiger partial charge is 0.374 e. The molecule has 1 aromatic heterocycles. The molecule has 0 aliphatic heterocycles. The number of carbonyl (C=O) groups excluding carboxylic acids is 2. The number of hydrogen-bond donors (Lipinski definition) is 0. The Morgan fingerprint density at radius 1 is 1.04 bits per heavy atom. The van der Waals surface area contributed by atoms with E-state index in [4.69, 9.17) is 9.15 Å². The molecule has 2 aromatic carbocycles. The molecule has 0 radical (unpaired) electrons. The van der Waals surface area contributed by atoms with Crippen LogP contribution in [0.3, 0.4) is 0 Å². The van der Waals surface area contributed by atoms with Crippen molar-refractivity contribution in [2.24, 2.45) is 0 Å². The van der Waals surface area contributed by atoms with Crippen LogP contribution in [0.15, 0.2) is 59.2 Å². The van der Waals surface area contributed by atoms with Crippen molar-refractivity contribution in [3.8, 4) is 0 Å². The molecule has 3 aromatic rings. The van der Waals surface area contributed by atoms with Crippen LogP contribution >= 0.6 is 0 Å². The third kappa shape index (κ3) is 2.87. The van der Waals surface area contributed by atoms with Crippen molar-refractivity contribution < 1.29 is 23.7 Å². The van der Waals surface area contributed by atoms with E-state index >= 15 is 0 Å². The summed E-state index contributed by atoms with van der Waals surface area (Å²) in [7, 11) is 0.